The molecule has 1 aromatic rings. The summed E-state index contributed by atoms with van der Waals surface area (Å²) >= 11 is 0. The molecular formula is C13H19FN2O3S. The molecule has 1 aliphatic rings. The molecule has 4 N–H and O–H groups in total. The summed E-state index contributed by atoms with van der Waals surface area (Å²) in [5.41, 5.74) is 5.63. The molecule has 0 radical (unpaired) electrons. The number of nitrogens with two attached hydrogens (primary N) is 1. The lowest BCUT2D eigenvalue weighted by Crippen LogP contribution is -2.38. The van der Waals surface area contributed by atoms with Gasteiger partial charge in [0.15, 0.2) is 0 Å². The second-order valence-electron chi connectivity index (χ2n) is 5.23. The average Bonchev–Trinajstić information content (AvgIpc) is 2.80. The van der Waals surface area contributed by atoms with E-state index in [1.165, 1.54) is 13.0 Å². The summed E-state index contributed by atoms with van der Waals surface area (Å²) < 4.78 is 40.9. The van der Waals surface area contributed by atoms with E-state index < -0.39 is 15.8 Å². The summed E-state index contributed by atoms with van der Waals surface area (Å²) in [7, 11) is -3.84. The van der Waals surface area contributed by atoms with Crippen LogP contribution in [0.1, 0.15) is 24.8 Å². The van der Waals surface area contributed by atoms with Crippen molar-refractivity contribution in [2.45, 2.75) is 37.1 Å². The molecule has 0 spiro atoms. The van der Waals surface area contributed by atoms with Gasteiger partial charge in [-0.25, -0.2) is 17.5 Å². The zero-order chi connectivity index (χ0) is 14.9. The fraction of sp³-hybridized carbons (Fsp3) is 0.538. The van der Waals surface area contributed by atoms with E-state index in [1.54, 1.807) is 0 Å². The van der Waals surface area contributed by atoms with E-state index in [1.807, 2.05) is 0 Å². The van der Waals surface area contributed by atoms with Crippen LogP contribution in [-0.4, -0.2) is 26.2 Å². The van der Waals surface area contributed by atoms with Gasteiger partial charge in [0, 0.05) is 23.9 Å². The third kappa shape index (κ3) is 2.94. The van der Waals surface area contributed by atoms with Gasteiger partial charge in [-0.15, -0.1) is 0 Å². The van der Waals surface area contributed by atoms with Gasteiger partial charge >= 0.3 is 0 Å². The van der Waals surface area contributed by atoms with Gasteiger partial charge in [-0.05, 0) is 37.8 Å². The van der Waals surface area contributed by atoms with Crippen LogP contribution >= 0.6 is 0 Å². The molecule has 2 atom stereocenters. The standard InChI is InChI=1S/C13H19FN2O3S/c1-8-11(14)5-10(15)6-13(8)20(18,19)16-12-4-2-3-9(12)7-17/h5-6,9,12,16-17H,2-4,7,15H2,1H3. The smallest absolute Gasteiger partial charge is 0.241 e. The van der Waals surface area contributed by atoms with Crippen molar-refractivity contribution in [2.24, 2.45) is 5.92 Å². The normalized spacial score (nSPS) is 23.1. The number of hydrogen-bond donors (Lipinski definition) is 3. The maximum Gasteiger partial charge on any atom is 0.241 e. The SMILES string of the molecule is Cc1c(F)cc(N)cc1S(=O)(=O)NC1CCCC1CO. The molecule has 2 unspecified atom stereocenters. The van der Waals surface area contributed by atoms with Crippen LogP contribution in [0.2, 0.25) is 0 Å². The largest absolute Gasteiger partial charge is 0.399 e. The quantitative estimate of drug-likeness (QED) is 0.728. The molecular weight excluding hydrogens is 283 g/mol. The van der Waals surface area contributed by atoms with E-state index >= 15 is 0 Å². The number of nitrogens with one attached hydrogen (secondary N) is 1. The van der Waals surface area contributed by atoms with Crippen molar-refractivity contribution >= 4 is 15.7 Å². The Bertz CT molecular complexity index is 604. The molecule has 20 heavy (non-hydrogen) atoms. The highest BCUT2D eigenvalue weighted by atomic mass is 32.2. The molecule has 0 bridgehead atoms. The molecule has 112 valence electrons. The summed E-state index contributed by atoms with van der Waals surface area (Å²) in [6.45, 7) is 1.35. The van der Waals surface area contributed by atoms with Gasteiger partial charge in [0.2, 0.25) is 10.0 Å². The molecule has 5 nitrogen and oxygen atoms in total. The van der Waals surface area contributed by atoms with Gasteiger partial charge in [-0.1, -0.05) is 6.42 Å². The van der Waals surface area contributed by atoms with E-state index in [4.69, 9.17) is 5.73 Å². The zero-order valence-corrected chi connectivity index (χ0v) is 12.1. The van der Waals surface area contributed by atoms with Gasteiger partial charge < -0.3 is 10.8 Å². The minimum Gasteiger partial charge on any atom is -0.399 e. The average molecular weight is 302 g/mol. The summed E-state index contributed by atoms with van der Waals surface area (Å²) in [6, 6.07) is 2.04. The summed E-state index contributed by atoms with van der Waals surface area (Å²) in [6.07, 6.45) is 2.32. The molecule has 0 saturated heterocycles. The number of rotatable bonds is 4. The number of sulfonamides is 1. The van der Waals surface area contributed by atoms with Crippen molar-refractivity contribution in [3.05, 3.63) is 23.5 Å². The number of halogens is 1. The van der Waals surface area contributed by atoms with Gasteiger partial charge in [-0.3, -0.25) is 0 Å². The van der Waals surface area contributed by atoms with Crippen LogP contribution in [0.15, 0.2) is 17.0 Å². The van der Waals surface area contributed by atoms with Crippen molar-refractivity contribution in [1.82, 2.24) is 4.72 Å². The predicted octanol–water partition coefficient (Wildman–Crippen LogP) is 1.16. The molecule has 2 rings (SSSR count). The Labute approximate surface area is 118 Å². The Kier molecular flexibility index (Phi) is 4.31. The highest BCUT2D eigenvalue weighted by Gasteiger charge is 2.31. The topological polar surface area (TPSA) is 92.4 Å². The van der Waals surface area contributed by atoms with Gasteiger partial charge in [0.1, 0.15) is 5.82 Å². The number of anilines is 1. The van der Waals surface area contributed by atoms with Crippen LogP contribution in [-0.2, 0) is 10.0 Å². The first-order chi connectivity index (χ1) is 9.35. The highest BCUT2D eigenvalue weighted by molar-refractivity contribution is 7.89. The summed E-state index contributed by atoms with van der Waals surface area (Å²) in [4.78, 5) is -0.140. The van der Waals surface area contributed by atoms with Crippen molar-refractivity contribution in [1.29, 1.82) is 0 Å². The summed E-state index contributed by atoms with van der Waals surface area (Å²) in [5, 5.41) is 9.23. The first-order valence-corrected chi connectivity index (χ1v) is 8.02. The number of benzene rings is 1. The van der Waals surface area contributed by atoms with Crippen molar-refractivity contribution in [2.75, 3.05) is 12.3 Å². The van der Waals surface area contributed by atoms with E-state index in [-0.39, 0.29) is 34.7 Å². The number of aliphatic hydroxyl groups excluding tert-OH is 1. The number of aliphatic hydroxyl groups is 1. The Hall–Kier alpha value is -1.18. The molecule has 0 amide bonds. The maximum absolute atomic E-state index is 13.6. The van der Waals surface area contributed by atoms with Crippen molar-refractivity contribution < 1.29 is 17.9 Å². The Morgan fingerprint density at radius 1 is 1.45 bits per heavy atom. The minimum absolute atomic E-state index is 0.0465. The third-order valence-corrected chi connectivity index (χ3v) is 5.42. The number of hydrogen-bond acceptors (Lipinski definition) is 4. The second-order valence-corrected chi connectivity index (χ2v) is 6.91. The number of nitrogen functional groups attached to an aromatic ring is 1. The molecule has 7 heteroatoms. The van der Waals surface area contributed by atoms with Gasteiger partial charge in [0.25, 0.3) is 0 Å². The fourth-order valence-electron chi connectivity index (χ4n) is 2.63. The van der Waals surface area contributed by atoms with Crippen LogP contribution in [0.25, 0.3) is 0 Å². The molecule has 0 heterocycles. The monoisotopic (exact) mass is 302 g/mol. The van der Waals surface area contributed by atoms with Crippen LogP contribution in [0, 0.1) is 18.7 Å². The van der Waals surface area contributed by atoms with E-state index in [0.717, 1.165) is 18.9 Å². The lowest BCUT2D eigenvalue weighted by molar-refractivity contribution is 0.213. The molecule has 1 aliphatic carbocycles. The van der Waals surface area contributed by atoms with Gasteiger partial charge in [-0.2, -0.15) is 0 Å². The Morgan fingerprint density at radius 2 is 2.15 bits per heavy atom. The first kappa shape index (κ1) is 15.2. The molecule has 1 saturated carbocycles. The fourth-order valence-corrected chi connectivity index (χ4v) is 4.25. The molecule has 1 aromatic carbocycles. The minimum atomic E-state index is -3.84. The lowest BCUT2D eigenvalue weighted by Gasteiger charge is -2.20. The summed E-state index contributed by atoms with van der Waals surface area (Å²) in [5.74, 6) is -0.730. The highest BCUT2D eigenvalue weighted by Crippen LogP contribution is 2.28. The van der Waals surface area contributed by atoms with Crippen LogP contribution < -0.4 is 10.5 Å². The lowest BCUT2D eigenvalue weighted by atomic mass is 10.1. The van der Waals surface area contributed by atoms with E-state index in [9.17, 15) is 17.9 Å². The predicted molar refractivity (Wildman–Crippen MR) is 74.1 cm³/mol. The van der Waals surface area contributed by atoms with Crippen molar-refractivity contribution in [3.8, 4) is 0 Å². The molecule has 0 aromatic heterocycles. The third-order valence-electron chi connectivity index (χ3n) is 3.81. The van der Waals surface area contributed by atoms with E-state index in [0.29, 0.717) is 6.42 Å². The first-order valence-electron chi connectivity index (χ1n) is 6.54. The Balaban J connectivity index is 2.31. The Morgan fingerprint density at radius 3 is 2.80 bits per heavy atom. The maximum atomic E-state index is 13.6. The van der Waals surface area contributed by atoms with Crippen LogP contribution in [0.4, 0.5) is 10.1 Å². The molecule has 1 fully saturated rings. The van der Waals surface area contributed by atoms with Gasteiger partial charge in [0.05, 0.1) is 4.90 Å². The molecule has 0 aliphatic heterocycles. The van der Waals surface area contributed by atoms with Crippen LogP contribution in [0.5, 0.6) is 0 Å². The van der Waals surface area contributed by atoms with E-state index in [2.05, 4.69) is 4.72 Å². The van der Waals surface area contributed by atoms with Crippen LogP contribution in [0.3, 0.4) is 0 Å². The zero-order valence-electron chi connectivity index (χ0n) is 11.3. The van der Waals surface area contributed by atoms with Crippen molar-refractivity contribution in [3.63, 3.8) is 0 Å². The second kappa shape index (κ2) is 5.67.